The van der Waals surface area contributed by atoms with Gasteiger partial charge in [-0.15, -0.1) is 6.58 Å². The Labute approximate surface area is 87.9 Å². The number of nitrogens with two attached hydrogens (primary N) is 1. The van der Waals surface area contributed by atoms with Gasteiger partial charge in [-0.25, -0.2) is 0 Å². The number of hydrogen-bond acceptors (Lipinski definition) is 6. The van der Waals surface area contributed by atoms with E-state index in [2.05, 4.69) is 6.58 Å². The maximum Gasteiger partial charge on any atom is 0.176 e. The maximum absolute atomic E-state index is 9.55. The minimum atomic E-state index is -1.20. The third kappa shape index (κ3) is 2.75. The van der Waals surface area contributed by atoms with E-state index in [-0.39, 0.29) is 6.61 Å². The van der Waals surface area contributed by atoms with Crippen LogP contribution in [0.3, 0.4) is 0 Å². The van der Waals surface area contributed by atoms with Crippen LogP contribution >= 0.6 is 0 Å². The largest absolute Gasteiger partial charge is 0.394 e. The third-order valence-electron chi connectivity index (χ3n) is 2.31. The molecule has 6 heteroatoms. The minimum absolute atomic E-state index is 0.222. The molecule has 1 aliphatic rings. The van der Waals surface area contributed by atoms with E-state index in [1.54, 1.807) is 0 Å². The molecule has 0 aromatic carbocycles. The standard InChI is InChI=1S/C9H17NO5/c1-2-3-14-9-6(10)8(13)7(12)5(4-11)15-9/h2,5-9,11-13H,1,3-4,10H2/t5?,6?,7-,8?,9+/m0/s1. The normalized spacial score (nSPS) is 41.5. The highest BCUT2D eigenvalue weighted by atomic mass is 16.7. The molecule has 0 spiro atoms. The average molecular weight is 219 g/mol. The van der Waals surface area contributed by atoms with Crippen molar-refractivity contribution in [1.82, 2.24) is 0 Å². The second kappa shape index (κ2) is 5.55. The smallest absolute Gasteiger partial charge is 0.176 e. The van der Waals surface area contributed by atoms with Crippen LogP contribution in [0, 0.1) is 0 Å². The third-order valence-corrected chi connectivity index (χ3v) is 2.31. The molecule has 1 rings (SSSR count). The van der Waals surface area contributed by atoms with Gasteiger partial charge in [0.25, 0.3) is 0 Å². The van der Waals surface area contributed by atoms with E-state index in [9.17, 15) is 10.2 Å². The first kappa shape index (κ1) is 12.6. The fourth-order valence-corrected chi connectivity index (χ4v) is 1.42. The lowest BCUT2D eigenvalue weighted by molar-refractivity contribution is -0.262. The lowest BCUT2D eigenvalue weighted by atomic mass is 9.98. The first-order chi connectivity index (χ1) is 7.11. The van der Waals surface area contributed by atoms with Crippen molar-refractivity contribution in [2.75, 3.05) is 13.2 Å². The monoisotopic (exact) mass is 219 g/mol. The van der Waals surface area contributed by atoms with Crippen molar-refractivity contribution in [3.05, 3.63) is 12.7 Å². The molecule has 88 valence electrons. The summed E-state index contributed by atoms with van der Waals surface area (Å²) in [4.78, 5) is 0. The molecule has 0 aliphatic carbocycles. The molecular weight excluding hydrogens is 202 g/mol. The summed E-state index contributed by atoms with van der Waals surface area (Å²) in [7, 11) is 0. The van der Waals surface area contributed by atoms with Gasteiger partial charge in [0.15, 0.2) is 6.29 Å². The number of hydrogen-bond donors (Lipinski definition) is 4. The van der Waals surface area contributed by atoms with Gasteiger partial charge in [0.05, 0.1) is 19.3 Å². The van der Waals surface area contributed by atoms with Gasteiger partial charge in [0.2, 0.25) is 0 Å². The molecule has 0 aromatic rings. The van der Waals surface area contributed by atoms with Gasteiger partial charge in [-0.05, 0) is 0 Å². The molecule has 0 radical (unpaired) electrons. The SMILES string of the molecule is C=CCO[C@@H]1OC(CO)[C@H](O)C(O)C1N. The number of aliphatic hydroxyl groups is 3. The maximum atomic E-state index is 9.55. The highest BCUT2D eigenvalue weighted by Crippen LogP contribution is 2.20. The molecule has 1 heterocycles. The Morgan fingerprint density at radius 1 is 1.40 bits per heavy atom. The molecule has 0 bridgehead atoms. The van der Waals surface area contributed by atoms with Crippen molar-refractivity contribution in [1.29, 1.82) is 0 Å². The molecule has 5 atom stereocenters. The predicted molar refractivity (Wildman–Crippen MR) is 51.9 cm³/mol. The van der Waals surface area contributed by atoms with E-state index in [0.717, 1.165) is 0 Å². The Hall–Kier alpha value is -0.500. The number of ether oxygens (including phenoxy) is 2. The van der Waals surface area contributed by atoms with Crippen molar-refractivity contribution < 1.29 is 24.8 Å². The Balaban J connectivity index is 2.60. The van der Waals surface area contributed by atoms with Crippen LogP contribution in [-0.2, 0) is 9.47 Å². The summed E-state index contributed by atoms with van der Waals surface area (Å²) in [6.07, 6.45) is -2.59. The molecule has 1 saturated heterocycles. The van der Waals surface area contributed by atoms with Crippen LogP contribution in [0.5, 0.6) is 0 Å². The minimum Gasteiger partial charge on any atom is -0.394 e. The molecular formula is C9H17NO5. The quantitative estimate of drug-likeness (QED) is 0.406. The topological polar surface area (TPSA) is 105 Å². The van der Waals surface area contributed by atoms with E-state index >= 15 is 0 Å². The molecule has 0 saturated carbocycles. The Bertz CT molecular complexity index is 211. The van der Waals surface area contributed by atoms with Gasteiger partial charge in [0.1, 0.15) is 18.3 Å². The summed E-state index contributed by atoms with van der Waals surface area (Å²) in [5.74, 6) is 0. The Morgan fingerprint density at radius 2 is 2.07 bits per heavy atom. The van der Waals surface area contributed by atoms with Gasteiger partial charge < -0.3 is 30.5 Å². The van der Waals surface area contributed by atoms with Crippen LogP contribution in [0.25, 0.3) is 0 Å². The summed E-state index contributed by atoms with van der Waals surface area (Å²) < 4.78 is 10.3. The molecule has 1 fully saturated rings. The summed E-state index contributed by atoms with van der Waals surface area (Å²) in [5, 5.41) is 27.9. The van der Waals surface area contributed by atoms with Gasteiger partial charge in [-0.3, -0.25) is 0 Å². The summed E-state index contributed by atoms with van der Waals surface area (Å²) in [5.41, 5.74) is 5.59. The Morgan fingerprint density at radius 3 is 2.60 bits per heavy atom. The van der Waals surface area contributed by atoms with Gasteiger partial charge in [0, 0.05) is 0 Å². The van der Waals surface area contributed by atoms with Gasteiger partial charge in [-0.1, -0.05) is 6.08 Å². The molecule has 3 unspecified atom stereocenters. The zero-order valence-corrected chi connectivity index (χ0v) is 8.32. The van der Waals surface area contributed by atoms with Crippen LogP contribution in [0.4, 0.5) is 0 Å². The van der Waals surface area contributed by atoms with E-state index < -0.39 is 37.3 Å². The van der Waals surface area contributed by atoms with E-state index in [4.69, 9.17) is 20.3 Å². The zero-order chi connectivity index (χ0) is 11.4. The molecule has 1 aliphatic heterocycles. The van der Waals surface area contributed by atoms with Crippen LogP contribution < -0.4 is 5.73 Å². The van der Waals surface area contributed by atoms with Crippen molar-refractivity contribution in [2.45, 2.75) is 30.6 Å². The number of aliphatic hydroxyl groups excluding tert-OH is 3. The summed E-state index contributed by atoms with van der Waals surface area (Å²) in [6, 6.07) is -0.845. The fraction of sp³-hybridized carbons (Fsp3) is 0.778. The van der Waals surface area contributed by atoms with Crippen molar-refractivity contribution >= 4 is 0 Å². The van der Waals surface area contributed by atoms with Crippen LogP contribution in [0.1, 0.15) is 0 Å². The summed E-state index contributed by atoms with van der Waals surface area (Å²) in [6.45, 7) is 3.28. The van der Waals surface area contributed by atoms with Crippen molar-refractivity contribution in [3.63, 3.8) is 0 Å². The molecule has 0 amide bonds. The van der Waals surface area contributed by atoms with E-state index in [0.29, 0.717) is 0 Å². The molecule has 6 nitrogen and oxygen atoms in total. The fourth-order valence-electron chi connectivity index (χ4n) is 1.42. The van der Waals surface area contributed by atoms with Crippen LogP contribution in [-0.4, -0.2) is 59.2 Å². The second-order valence-electron chi connectivity index (χ2n) is 3.41. The lowest BCUT2D eigenvalue weighted by Gasteiger charge is -2.40. The molecule has 5 N–H and O–H groups in total. The van der Waals surface area contributed by atoms with Crippen LogP contribution in [0.2, 0.25) is 0 Å². The van der Waals surface area contributed by atoms with Crippen molar-refractivity contribution in [3.8, 4) is 0 Å². The molecule has 15 heavy (non-hydrogen) atoms. The summed E-state index contributed by atoms with van der Waals surface area (Å²) >= 11 is 0. The number of rotatable bonds is 4. The predicted octanol–water partition coefficient (Wildman–Crippen LogP) is -2.04. The second-order valence-corrected chi connectivity index (χ2v) is 3.41. The first-order valence-electron chi connectivity index (χ1n) is 4.72. The highest BCUT2D eigenvalue weighted by molar-refractivity contribution is 4.91. The van der Waals surface area contributed by atoms with E-state index in [1.165, 1.54) is 6.08 Å². The highest BCUT2D eigenvalue weighted by Gasteiger charge is 2.42. The average Bonchev–Trinajstić information content (AvgIpc) is 2.25. The lowest BCUT2D eigenvalue weighted by Crippen LogP contribution is -2.62. The van der Waals surface area contributed by atoms with E-state index in [1.807, 2.05) is 0 Å². The van der Waals surface area contributed by atoms with Gasteiger partial charge >= 0.3 is 0 Å². The van der Waals surface area contributed by atoms with Crippen molar-refractivity contribution in [2.24, 2.45) is 5.73 Å². The van der Waals surface area contributed by atoms with Gasteiger partial charge in [-0.2, -0.15) is 0 Å². The van der Waals surface area contributed by atoms with Crippen LogP contribution in [0.15, 0.2) is 12.7 Å². The Kier molecular flexibility index (Phi) is 4.65. The molecule has 0 aromatic heterocycles. The first-order valence-corrected chi connectivity index (χ1v) is 4.72. The zero-order valence-electron chi connectivity index (χ0n) is 8.32.